The molecule has 0 saturated carbocycles. The lowest BCUT2D eigenvalue weighted by molar-refractivity contribution is -0.139. The molecule has 114 valence electrons. The summed E-state index contributed by atoms with van der Waals surface area (Å²) >= 11 is 0. The molecule has 2 atom stereocenters. The second kappa shape index (κ2) is 6.24. The van der Waals surface area contributed by atoms with Crippen molar-refractivity contribution in [1.82, 2.24) is 10.2 Å². The number of aliphatic carboxylic acids is 1. The number of imide groups is 1. The summed E-state index contributed by atoms with van der Waals surface area (Å²) < 4.78 is 0. The standard InChI is InChI=1S/C14H24N2O4/c1-9-7-16(8-10(9)2)13(20)15-11(17)5-14(3,4)6-12(18)19/h9-10H,5-8H2,1-4H3,(H,18,19)(H,15,17,20). The molecule has 0 spiro atoms. The van der Waals surface area contributed by atoms with E-state index >= 15 is 0 Å². The van der Waals surface area contributed by atoms with E-state index in [1.54, 1.807) is 18.7 Å². The predicted molar refractivity (Wildman–Crippen MR) is 74.1 cm³/mol. The van der Waals surface area contributed by atoms with Gasteiger partial charge in [0.1, 0.15) is 0 Å². The summed E-state index contributed by atoms with van der Waals surface area (Å²) in [6, 6.07) is -0.377. The number of carbonyl (C=O) groups excluding carboxylic acids is 2. The fourth-order valence-electron chi connectivity index (χ4n) is 2.44. The number of nitrogens with zero attached hydrogens (tertiary/aromatic N) is 1. The van der Waals surface area contributed by atoms with Gasteiger partial charge in [0.25, 0.3) is 0 Å². The third kappa shape index (κ3) is 4.83. The molecular formula is C14H24N2O4. The maximum atomic E-state index is 11.9. The first-order chi connectivity index (χ1) is 9.10. The maximum Gasteiger partial charge on any atom is 0.324 e. The normalized spacial score (nSPS) is 22.7. The van der Waals surface area contributed by atoms with Gasteiger partial charge < -0.3 is 10.0 Å². The Morgan fingerprint density at radius 3 is 2.10 bits per heavy atom. The van der Waals surface area contributed by atoms with Crippen molar-refractivity contribution in [3.8, 4) is 0 Å². The van der Waals surface area contributed by atoms with Crippen LogP contribution >= 0.6 is 0 Å². The molecule has 0 aromatic heterocycles. The first kappa shape index (κ1) is 16.5. The van der Waals surface area contributed by atoms with E-state index in [1.165, 1.54) is 0 Å². The Morgan fingerprint density at radius 2 is 1.65 bits per heavy atom. The molecule has 1 aliphatic heterocycles. The van der Waals surface area contributed by atoms with Gasteiger partial charge in [-0.15, -0.1) is 0 Å². The summed E-state index contributed by atoms with van der Waals surface area (Å²) in [7, 11) is 0. The van der Waals surface area contributed by atoms with E-state index in [2.05, 4.69) is 19.2 Å². The average molecular weight is 284 g/mol. The van der Waals surface area contributed by atoms with E-state index in [0.29, 0.717) is 24.9 Å². The van der Waals surface area contributed by atoms with Crippen LogP contribution in [0.3, 0.4) is 0 Å². The van der Waals surface area contributed by atoms with Crippen LogP contribution in [0.5, 0.6) is 0 Å². The van der Waals surface area contributed by atoms with Crippen molar-refractivity contribution in [1.29, 1.82) is 0 Å². The van der Waals surface area contributed by atoms with E-state index in [-0.39, 0.29) is 18.9 Å². The average Bonchev–Trinajstić information content (AvgIpc) is 2.55. The molecule has 0 aromatic carbocycles. The van der Waals surface area contributed by atoms with Crippen LogP contribution in [0.15, 0.2) is 0 Å². The minimum Gasteiger partial charge on any atom is -0.481 e. The van der Waals surface area contributed by atoms with Crippen LogP contribution in [0.25, 0.3) is 0 Å². The van der Waals surface area contributed by atoms with Crippen molar-refractivity contribution >= 4 is 17.9 Å². The zero-order valence-corrected chi connectivity index (χ0v) is 12.6. The Labute approximate surface area is 119 Å². The third-order valence-corrected chi connectivity index (χ3v) is 3.79. The molecule has 0 aromatic rings. The Balaban J connectivity index is 2.46. The Bertz CT molecular complexity index is 396. The zero-order valence-electron chi connectivity index (χ0n) is 12.6. The van der Waals surface area contributed by atoms with Gasteiger partial charge in [-0.1, -0.05) is 27.7 Å². The number of hydrogen-bond donors (Lipinski definition) is 2. The summed E-state index contributed by atoms with van der Waals surface area (Å²) in [5.74, 6) is -0.511. The van der Waals surface area contributed by atoms with Gasteiger partial charge in [0, 0.05) is 19.5 Å². The first-order valence-corrected chi connectivity index (χ1v) is 6.91. The third-order valence-electron chi connectivity index (χ3n) is 3.79. The Kier molecular flexibility index (Phi) is 5.14. The van der Waals surface area contributed by atoms with Gasteiger partial charge in [-0.3, -0.25) is 14.9 Å². The van der Waals surface area contributed by atoms with Gasteiger partial charge in [-0.2, -0.15) is 0 Å². The molecular weight excluding hydrogens is 260 g/mol. The van der Waals surface area contributed by atoms with Crippen LogP contribution < -0.4 is 5.32 Å². The van der Waals surface area contributed by atoms with Crippen LogP contribution in [-0.2, 0) is 9.59 Å². The molecule has 1 heterocycles. The topological polar surface area (TPSA) is 86.7 Å². The van der Waals surface area contributed by atoms with Gasteiger partial charge in [0.05, 0.1) is 6.42 Å². The summed E-state index contributed by atoms with van der Waals surface area (Å²) in [5.41, 5.74) is -0.665. The molecule has 1 aliphatic rings. The lowest BCUT2D eigenvalue weighted by atomic mass is 9.85. The second-order valence-corrected chi connectivity index (χ2v) is 6.62. The van der Waals surface area contributed by atoms with E-state index in [0.717, 1.165) is 0 Å². The van der Waals surface area contributed by atoms with Crippen molar-refractivity contribution in [2.24, 2.45) is 17.3 Å². The van der Waals surface area contributed by atoms with Crippen LogP contribution in [0, 0.1) is 17.3 Å². The quantitative estimate of drug-likeness (QED) is 0.822. The summed E-state index contributed by atoms with van der Waals surface area (Å²) in [6.07, 6.45) is -0.0869. The molecule has 1 rings (SSSR count). The van der Waals surface area contributed by atoms with Gasteiger partial charge in [-0.25, -0.2) is 4.79 Å². The molecule has 2 unspecified atom stereocenters. The van der Waals surface area contributed by atoms with Crippen LogP contribution in [-0.4, -0.2) is 41.0 Å². The molecule has 3 amide bonds. The van der Waals surface area contributed by atoms with Crippen molar-refractivity contribution < 1.29 is 19.5 Å². The Morgan fingerprint density at radius 1 is 1.15 bits per heavy atom. The monoisotopic (exact) mass is 284 g/mol. The highest BCUT2D eigenvalue weighted by Crippen LogP contribution is 2.25. The number of nitrogens with one attached hydrogen (secondary N) is 1. The molecule has 20 heavy (non-hydrogen) atoms. The van der Waals surface area contributed by atoms with Crippen LogP contribution in [0.4, 0.5) is 4.79 Å². The number of amides is 3. The fourth-order valence-corrected chi connectivity index (χ4v) is 2.44. The van der Waals surface area contributed by atoms with Gasteiger partial charge in [0.2, 0.25) is 5.91 Å². The maximum absolute atomic E-state index is 11.9. The van der Waals surface area contributed by atoms with Gasteiger partial charge in [-0.05, 0) is 17.3 Å². The molecule has 0 radical (unpaired) electrons. The van der Waals surface area contributed by atoms with Gasteiger partial charge >= 0.3 is 12.0 Å². The van der Waals surface area contributed by atoms with E-state index in [1.807, 2.05) is 0 Å². The number of rotatable bonds is 4. The molecule has 2 N–H and O–H groups in total. The number of hydrogen-bond acceptors (Lipinski definition) is 3. The van der Waals surface area contributed by atoms with E-state index in [4.69, 9.17) is 5.11 Å². The highest BCUT2D eigenvalue weighted by molar-refractivity contribution is 5.94. The molecule has 1 fully saturated rings. The molecule has 0 aliphatic carbocycles. The van der Waals surface area contributed by atoms with E-state index in [9.17, 15) is 14.4 Å². The predicted octanol–water partition coefficient (Wildman–Crippen LogP) is 1.70. The summed E-state index contributed by atoms with van der Waals surface area (Å²) in [5, 5.41) is 11.1. The SMILES string of the molecule is CC1CN(C(=O)NC(=O)CC(C)(C)CC(=O)O)CC1C. The largest absolute Gasteiger partial charge is 0.481 e. The number of carboxylic acids is 1. The smallest absolute Gasteiger partial charge is 0.324 e. The van der Waals surface area contributed by atoms with Crippen molar-refractivity contribution in [2.75, 3.05) is 13.1 Å². The first-order valence-electron chi connectivity index (χ1n) is 6.91. The Hall–Kier alpha value is -1.59. The number of carbonyl (C=O) groups is 3. The molecule has 6 heteroatoms. The summed E-state index contributed by atoms with van der Waals surface area (Å²) in [6.45, 7) is 8.86. The van der Waals surface area contributed by atoms with E-state index < -0.39 is 17.3 Å². The van der Waals surface area contributed by atoms with Crippen molar-refractivity contribution in [2.45, 2.75) is 40.5 Å². The van der Waals surface area contributed by atoms with Crippen LogP contribution in [0.2, 0.25) is 0 Å². The number of carboxylic acid groups (broad SMARTS) is 1. The second-order valence-electron chi connectivity index (χ2n) is 6.62. The number of urea groups is 1. The lowest BCUT2D eigenvalue weighted by Crippen LogP contribution is -2.43. The van der Waals surface area contributed by atoms with Crippen molar-refractivity contribution in [3.63, 3.8) is 0 Å². The van der Waals surface area contributed by atoms with Crippen molar-refractivity contribution in [3.05, 3.63) is 0 Å². The minimum atomic E-state index is -0.948. The number of likely N-dealkylation sites (tertiary alicyclic amines) is 1. The highest BCUT2D eigenvalue weighted by atomic mass is 16.4. The summed E-state index contributed by atoms with van der Waals surface area (Å²) in [4.78, 5) is 36.1. The minimum absolute atomic E-state index is 0.0178. The zero-order chi connectivity index (χ0) is 15.5. The van der Waals surface area contributed by atoms with Crippen LogP contribution in [0.1, 0.15) is 40.5 Å². The highest BCUT2D eigenvalue weighted by Gasteiger charge is 2.31. The van der Waals surface area contributed by atoms with Gasteiger partial charge in [0.15, 0.2) is 0 Å². The molecule has 6 nitrogen and oxygen atoms in total. The molecule has 1 saturated heterocycles. The fraction of sp³-hybridized carbons (Fsp3) is 0.786. The lowest BCUT2D eigenvalue weighted by Gasteiger charge is -2.22. The molecule has 0 bridgehead atoms.